The lowest BCUT2D eigenvalue weighted by atomic mass is 10.00. The van der Waals surface area contributed by atoms with Gasteiger partial charge in [0.25, 0.3) is 0 Å². The molecule has 9 nitrogen and oxygen atoms in total. The SMILES string of the molecule is CCCCOCCOc1ccc(-c2ccc3c(c2)C=C(C(=O)OC)CCN3C(C)c2nnn[nH]2)cc1. The van der Waals surface area contributed by atoms with E-state index < -0.39 is 0 Å². The number of methoxy groups -OCH3 is 1. The number of benzene rings is 2. The summed E-state index contributed by atoms with van der Waals surface area (Å²) in [5.74, 6) is 1.15. The molecular weight excluding hydrogens is 458 g/mol. The van der Waals surface area contributed by atoms with Crippen molar-refractivity contribution in [2.45, 2.75) is 39.2 Å². The first-order valence-corrected chi connectivity index (χ1v) is 12.3. The number of nitrogens with one attached hydrogen (secondary N) is 1. The van der Waals surface area contributed by atoms with Gasteiger partial charge in [0.05, 0.1) is 19.8 Å². The van der Waals surface area contributed by atoms with E-state index in [4.69, 9.17) is 14.2 Å². The third kappa shape index (κ3) is 6.09. The minimum atomic E-state index is -0.317. The fraction of sp³-hybridized carbons (Fsp3) is 0.407. The van der Waals surface area contributed by atoms with Crippen LogP contribution in [0.2, 0.25) is 0 Å². The highest BCUT2D eigenvalue weighted by Gasteiger charge is 2.26. The van der Waals surface area contributed by atoms with E-state index in [0.29, 0.717) is 37.6 Å². The lowest BCUT2D eigenvalue weighted by Gasteiger charge is -2.30. The van der Waals surface area contributed by atoms with Crippen LogP contribution in [0.4, 0.5) is 5.69 Å². The summed E-state index contributed by atoms with van der Waals surface area (Å²) in [5, 5.41) is 14.4. The van der Waals surface area contributed by atoms with Crippen LogP contribution in [-0.2, 0) is 14.3 Å². The molecule has 1 aromatic heterocycles. The van der Waals surface area contributed by atoms with Crippen LogP contribution in [0.5, 0.6) is 5.75 Å². The summed E-state index contributed by atoms with van der Waals surface area (Å²) in [6.45, 7) is 6.69. The number of rotatable bonds is 11. The van der Waals surface area contributed by atoms with Crippen LogP contribution in [0.25, 0.3) is 17.2 Å². The zero-order chi connectivity index (χ0) is 25.3. The number of ether oxygens (including phenoxy) is 3. The average Bonchev–Trinajstić information content (AvgIpc) is 3.38. The first kappa shape index (κ1) is 25.4. The number of esters is 1. The minimum absolute atomic E-state index is 0.0996. The van der Waals surface area contributed by atoms with Crippen LogP contribution < -0.4 is 9.64 Å². The molecule has 0 fully saturated rings. The molecule has 1 unspecified atom stereocenters. The van der Waals surface area contributed by atoms with E-state index in [-0.39, 0.29) is 12.0 Å². The maximum Gasteiger partial charge on any atom is 0.333 e. The molecule has 1 aliphatic rings. The number of hydrogen-bond donors (Lipinski definition) is 1. The highest BCUT2D eigenvalue weighted by atomic mass is 16.5. The third-order valence-corrected chi connectivity index (χ3v) is 6.29. The Morgan fingerprint density at radius 2 is 1.92 bits per heavy atom. The van der Waals surface area contributed by atoms with Gasteiger partial charge in [-0.15, -0.1) is 5.10 Å². The predicted molar refractivity (Wildman–Crippen MR) is 138 cm³/mol. The van der Waals surface area contributed by atoms with E-state index in [2.05, 4.69) is 50.6 Å². The van der Waals surface area contributed by atoms with Crippen LogP contribution in [0.3, 0.4) is 0 Å². The van der Waals surface area contributed by atoms with Gasteiger partial charge in [-0.3, -0.25) is 0 Å². The van der Waals surface area contributed by atoms with Crippen LogP contribution in [-0.4, -0.2) is 60.1 Å². The Morgan fingerprint density at radius 1 is 1.11 bits per heavy atom. The molecule has 0 spiro atoms. The van der Waals surface area contributed by atoms with Gasteiger partial charge >= 0.3 is 5.97 Å². The molecule has 36 heavy (non-hydrogen) atoms. The summed E-state index contributed by atoms with van der Waals surface area (Å²) in [5.41, 5.74) is 4.67. The fourth-order valence-corrected chi connectivity index (χ4v) is 4.23. The molecular formula is C27H33N5O4. The van der Waals surface area contributed by atoms with Crippen LogP contribution in [0, 0.1) is 0 Å². The molecule has 0 saturated heterocycles. The van der Waals surface area contributed by atoms with Crippen LogP contribution in [0.15, 0.2) is 48.0 Å². The molecule has 0 radical (unpaired) electrons. The van der Waals surface area contributed by atoms with Crippen molar-refractivity contribution >= 4 is 17.7 Å². The van der Waals surface area contributed by atoms with E-state index in [1.165, 1.54) is 7.11 Å². The van der Waals surface area contributed by atoms with Gasteiger partial charge in [0.2, 0.25) is 0 Å². The highest BCUT2D eigenvalue weighted by Crippen LogP contribution is 2.36. The number of fused-ring (bicyclic) bond motifs is 1. The number of aromatic nitrogens is 4. The summed E-state index contributed by atoms with van der Waals surface area (Å²) >= 11 is 0. The Bertz CT molecular complexity index is 1160. The zero-order valence-corrected chi connectivity index (χ0v) is 21.1. The van der Waals surface area contributed by atoms with Gasteiger partial charge in [-0.05, 0) is 77.2 Å². The average molecular weight is 492 g/mol. The fourth-order valence-electron chi connectivity index (χ4n) is 4.23. The predicted octanol–water partition coefficient (Wildman–Crippen LogP) is 4.59. The van der Waals surface area contributed by atoms with Gasteiger partial charge in [0.15, 0.2) is 5.82 Å². The van der Waals surface area contributed by atoms with Gasteiger partial charge < -0.3 is 19.1 Å². The summed E-state index contributed by atoms with van der Waals surface area (Å²) in [4.78, 5) is 14.6. The lowest BCUT2D eigenvalue weighted by molar-refractivity contribution is -0.136. The standard InChI is InChI=1S/C27H33N5O4/c1-4-5-14-35-15-16-36-24-9-6-20(7-10-24)21-8-11-25-23(17-21)18-22(27(33)34-3)12-13-32(25)19(2)26-28-30-31-29-26/h6-11,17-19H,4-5,12-16H2,1-3H3,(H,28,29,30,31). The number of nitrogens with zero attached hydrogens (tertiary/aromatic N) is 4. The van der Waals surface area contributed by atoms with Gasteiger partial charge in [-0.25, -0.2) is 9.89 Å². The Labute approximate surface area is 211 Å². The second-order valence-electron chi connectivity index (χ2n) is 8.68. The van der Waals surface area contributed by atoms with E-state index in [0.717, 1.165) is 47.6 Å². The van der Waals surface area contributed by atoms with E-state index in [1.54, 1.807) is 0 Å². The van der Waals surface area contributed by atoms with E-state index >= 15 is 0 Å². The normalized spacial score (nSPS) is 14.0. The van der Waals surface area contributed by atoms with Crippen molar-refractivity contribution in [1.82, 2.24) is 20.6 Å². The minimum Gasteiger partial charge on any atom is -0.491 e. The molecule has 2 aromatic carbocycles. The largest absolute Gasteiger partial charge is 0.491 e. The van der Waals surface area contributed by atoms with Crippen molar-refractivity contribution < 1.29 is 19.0 Å². The molecule has 1 aliphatic heterocycles. The molecule has 4 rings (SSSR count). The monoisotopic (exact) mass is 491 g/mol. The number of tetrazole rings is 1. The van der Waals surface area contributed by atoms with Crippen LogP contribution >= 0.6 is 0 Å². The summed E-state index contributed by atoms with van der Waals surface area (Å²) < 4.78 is 16.4. The maximum atomic E-state index is 12.4. The molecule has 1 N–H and O–H groups in total. The molecule has 1 atom stereocenters. The quantitative estimate of drug-likeness (QED) is 0.307. The van der Waals surface area contributed by atoms with Crippen molar-refractivity contribution in [3.63, 3.8) is 0 Å². The molecule has 0 saturated carbocycles. The number of H-pyrrole nitrogens is 1. The second-order valence-corrected chi connectivity index (χ2v) is 8.68. The van der Waals surface area contributed by atoms with Gasteiger partial charge in [0.1, 0.15) is 12.4 Å². The highest BCUT2D eigenvalue weighted by molar-refractivity contribution is 5.96. The maximum absolute atomic E-state index is 12.4. The van der Waals surface area contributed by atoms with Gasteiger partial charge in [-0.2, -0.15) is 0 Å². The first-order valence-electron chi connectivity index (χ1n) is 12.3. The van der Waals surface area contributed by atoms with Crippen LogP contribution in [0.1, 0.15) is 50.5 Å². The Morgan fingerprint density at radius 3 is 2.64 bits per heavy atom. The summed E-state index contributed by atoms with van der Waals surface area (Å²) in [6.07, 6.45) is 4.67. The van der Waals surface area contributed by atoms with Crippen molar-refractivity contribution in [2.24, 2.45) is 0 Å². The Balaban J connectivity index is 1.55. The number of unbranched alkanes of at least 4 members (excludes halogenated alkanes) is 1. The first-order chi connectivity index (χ1) is 17.6. The van der Waals surface area contributed by atoms with Crippen molar-refractivity contribution in [3.05, 3.63) is 59.4 Å². The molecule has 0 aliphatic carbocycles. The smallest absolute Gasteiger partial charge is 0.333 e. The zero-order valence-electron chi connectivity index (χ0n) is 21.1. The third-order valence-electron chi connectivity index (χ3n) is 6.29. The Hall–Kier alpha value is -3.72. The number of aromatic amines is 1. The molecule has 3 aromatic rings. The molecule has 0 amide bonds. The van der Waals surface area contributed by atoms with E-state index in [9.17, 15) is 4.79 Å². The summed E-state index contributed by atoms with van der Waals surface area (Å²) in [6, 6.07) is 14.2. The van der Waals surface area contributed by atoms with Gasteiger partial charge in [0, 0.05) is 24.4 Å². The van der Waals surface area contributed by atoms with Crippen molar-refractivity contribution in [3.8, 4) is 16.9 Å². The number of carbonyl (C=O) groups excluding carboxylic acids is 1. The molecule has 190 valence electrons. The van der Waals surface area contributed by atoms with Crippen molar-refractivity contribution in [1.29, 1.82) is 0 Å². The van der Waals surface area contributed by atoms with Gasteiger partial charge in [-0.1, -0.05) is 31.5 Å². The number of hydrogen-bond acceptors (Lipinski definition) is 8. The topological polar surface area (TPSA) is 102 Å². The second kappa shape index (κ2) is 12.3. The number of carbonyl (C=O) groups is 1. The molecule has 2 heterocycles. The lowest BCUT2D eigenvalue weighted by Crippen LogP contribution is -2.29. The Kier molecular flexibility index (Phi) is 8.67. The van der Waals surface area contributed by atoms with Crippen molar-refractivity contribution in [2.75, 3.05) is 38.4 Å². The molecule has 0 bridgehead atoms. The summed E-state index contributed by atoms with van der Waals surface area (Å²) in [7, 11) is 1.41. The molecule has 9 heteroatoms. The number of anilines is 1. The van der Waals surface area contributed by atoms with E-state index in [1.807, 2.05) is 37.3 Å².